The maximum absolute atomic E-state index is 12.4. The highest BCUT2D eigenvalue weighted by Gasteiger charge is 2.27. The van der Waals surface area contributed by atoms with E-state index in [4.69, 9.17) is 0 Å². The Kier molecular flexibility index (Phi) is 4.48. The Balaban J connectivity index is 2.03. The third kappa shape index (κ3) is 3.83. The van der Waals surface area contributed by atoms with Crippen LogP contribution in [0.25, 0.3) is 0 Å². The van der Waals surface area contributed by atoms with Crippen molar-refractivity contribution in [2.24, 2.45) is 0 Å². The number of rotatable bonds is 2. The summed E-state index contributed by atoms with van der Waals surface area (Å²) < 4.78 is 0. The molecule has 0 saturated carbocycles. The highest BCUT2D eigenvalue weighted by atomic mass is 16.3. The maximum Gasteiger partial charge on any atom is 0.227 e. The standard InChI is InChI=1S/C17H25NO2/c1-13-5-6-14(2)15(11-13)12-16(19)18-9-4-7-17(3,20)8-10-18/h5-6,11,20H,4,7-10,12H2,1-3H3. The summed E-state index contributed by atoms with van der Waals surface area (Å²) >= 11 is 0. The Labute approximate surface area is 121 Å². The lowest BCUT2D eigenvalue weighted by Gasteiger charge is -2.23. The van der Waals surface area contributed by atoms with Crippen molar-refractivity contribution in [3.63, 3.8) is 0 Å². The van der Waals surface area contributed by atoms with Crippen molar-refractivity contribution in [2.75, 3.05) is 13.1 Å². The first kappa shape index (κ1) is 15.0. The first-order valence-corrected chi connectivity index (χ1v) is 7.44. The molecule has 1 atom stereocenters. The van der Waals surface area contributed by atoms with Gasteiger partial charge in [0.05, 0.1) is 12.0 Å². The summed E-state index contributed by atoms with van der Waals surface area (Å²) in [6, 6.07) is 6.25. The number of aryl methyl sites for hydroxylation is 2. The minimum Gasteiger partial charge on any atom is -0.390 e. The minimum atomic E-state index is -0.617. The number of likely N-dealkylation sites (tertiary alicyclic amines) is 1. The van der Waals surface area contributed by atoms with E-state index in [9.17, 15) is 9.90 Å². The first-order chi connectivity index (χ1) is 9.37. The molecule has 0 bridgehead atoms. The van der Waals surface area contributed by atoms with E-state index in [0.29, 0.717) is 19.4 Å². The van der Waals surface area contributed by atoms with Crippen molar-refractivity contribution in [3.8, 4) is 0 Å². The Bertz CT molecular complexity index is 494. The molecule has 1 saturated heterocycles. The first-order valence-electron chi connectivity index (χ1n) is 7.44. The normalized spacial score (nSPS) is 23.5. The average Bonchev–Trinajstić information content (AvgIpc) is 2.55. The van der Waals surface area contributed by atoms with Crippen LogP contribution in [0.3, 0.4) is 0 Å². The van der Waals surface area contributed by atoms with Crippen molar-refractivity contribution < 1.29 is 9.90 Å². The number of aliphatic hydroxyl groups is 1. The topological polar surface area (TPSA) is 40.5 Å². The van der Waals surface area contributed by atoms with Crippen LogP contribution in [0.4, 0.5) is 0 Å². The smallest absolute Gasteiger partial charge is 0.227 e. The quantitative estimate of drug-likeness (QED) is 0.901. The number of amides is 1. The summed E-state index contributed by atoms with van der Waals surface area (Å²) in [4.78, 5) is 14.3. The highest BCUT2D eigenvalue weighted by Crippen LogP contribution is 2.22. The zero-order valence-electron chi connectivity index (χ0n) is 12.8. The molecule has 1 amide bonds. The highest BCUT2D eigenvalue weighted by molar-refractivity contribution is 5.79. The zero-order chi connectivity index (χ0) is 14.8. The van der Waals surface area contributed by atoms with Gasteiger partial charge in [0.2, 0.25) is 5.91 Å². The average molecular weight is 275 g/mol. The minimum absolute atomic E-state index is 0.177. The van der Waals surface area contributed by atoms with Crippen molar-refractivity contribution in [1.82, 2.24) is 4.90 Å². The van der Waals surface area contributed by atoms with Crippen LogP contribution in [0.15, 0.2) is 18.2 Å². The zero-order valence-corrected chi connectivity index (χ0v) is 12.8. The molecule has 0 spiro atoms. The number of nitrogens with zero attached hydrogens (tertiary/aromatic N) is 1. The van der Waals surface area contributed by atoms with Crippen molar-refractivity contribution in [2.45, 2.75) is 52.1 Å². The Hall–Kier alpha value is -1.35. The lowest BCUT2D eigenvalue weighted by molar-refractivity contribution is -0.130. The summed E-state index contributed by atoms with van der Waals surface area (Å²) in [5.74, 6) is 0.177. The molecular formula is C17H25NO2. The monoisotopic (exact) mass is 275 g/mol. The van der Waals surface area contributed by atoms with E-state index in [1.54, 1.807) is 0 Å². The Morgan fingerprint density at radius 1 is 1.30 bits per heavy atom. The number of carbonyl (C=O) groups excluding carboxylic acids is 1. The summed E-state index contributed by atoms with van der Waals surface area (Å²) in [7, 11) is 0. The second-order valence-electron chi connectivity index (χ2n) is 6.34. The number of benzene rings is 1. The Morgan fingerprint density at radius 2 is 2.05 bits per heavy atom. The van der Waals surface area contributed by atoms with Gasteiger partial charge in [-0.2, -0.15) is 0 Å². The van der Waals surface area contributed by atoms with E-state index in [1.165, 1.54) is 11.1 Å². The molecule has 0 radical (unpaired) electrons. The van der Waals surface area contributed by atoms with Crippen LogP contribution < -0.4 is 0 Å². The third-order valence-electron chi connectivity index (χ3n) is 4.26. The second-order valence-corrected chi connectivity index (χ2v) is 6.34. The van der Waals surface area contributed by atoms with Gasteiger partial charge < -0.3 is 10.0 Å². The fourth-order valence-electron chi connectivity index (χ4n) is 2.78. The summed E-state index contributed by atoms with van der Waals surface area (Å²) in [5.41, 5.74) is 2.86. The van der Waals surface area contributed by atoms with Crippen molar-refractivity contribution in [1.29, 1.82) is 0 Å². The van der Waals surface area contributed by atoms with E-state index >= 15 is 0 Å². The maximum atomic E-state index is 12.4. The molecule has 1 aliphatic heterocycles. The molecular weight excluding hydrogens is 250 g/mol. The number of carbonyl (C=O) groups is 1. The van der Waals surface area contributed by atoms with Crippen LogP contribution in [0, 0.1) is 13.8 Å². The van der Waals surface area contributed by atoms with Gasteiger partial charge in [-0.1, -0.05) is 23.8 Å². The van der Waals surface area contributed by atoms with Crippen LogP contribution >= 0.6 is 0 Å². The fourth-order valence-corrected chi connectivity index (χ4v) is 2.78. The van der Waals surface area contributed by atoms with Crippen LogP contribution in [-0.2, 0) is 11.2 Å². The fraction of sp³-hybridized carbons (Fsp3) is 0.588. The molecule has 1 aliphatic rings. The summed E-state index contributed by atoms with van der Waals surface area (Å²) in [6.45, 7) is 7.40. The van der Waals surface area contributed by atoms with Gasteiger partial charge in [0.25, 0.3) is 0 Å². The second kappa shape index (κ2) is 5.96. The lowest BCUT2D eigenvalue weighted by Crippen LogP contribution is -2.34. The Morgan fingerprint density at radius 3 is 2.80 bits per heavy atom. The van der Waals surface area contributed by atoms with Gasteiger partial charge in [-0.25, -0.2) is 0 Å². The molecule has 3 heteroatoms. The molecule has 1 heterocycles. The predicted molar refractivity (Wildman–Crippen MR) is 80.7 cm³/mol. The van der Waals surface area contributed by atoms with E-state index in [0.717, 1.165) is 24.9 Å². The molecule has 2 rings (SSSR count). The molecule has 0 aromatic heterocycles. The molecule has 0 aliphatic carbocycles. The van der Waals surface area contributed by atoms with Crippen molar-refractivity contribution >= 4 is 5.91 Å². The van der Waals surface area contributed by atoms with Gasteiger partial charge in [-0.3, -0.25) is 4.79 Å². The van der Waals surface area contributed by atoms with E-state index in [1.807, 2.05) is 11.8 Å². The van der Waals surface area contributed by atoms with Crippen LogP contribution in [-0.4, -0.2) is 34.6 Å². The van der Waals surface area contributed by atoms with E-state index < -0.39 is 5.60 Å². The van der Waals surface area contributed by atoms with Crippen molar-refractivity contribution in [3.05, 3.63) is 34.9 Å². The lowest BCUT2D eigenvalue weighted by atomic mass is 9.98. The molecule has 3 nitrogen and oxygen atoms in total. The van der Waals surface area contributed by atoms with Gasteiger partial charge in [-0.15, -0.1) is 0 Å². The third-order valence-corrected chi connectivity index (χ3v) is 4.26. The van der Waals surface area contributed by atoms with Gasteiger partial charge in [0, 0.05) is 13.1 Å². The molecule has 1 unspecified atom stereocenters. The molecule has 1 N–H and O–H groups in total. The molecule has 20 heavy (non-hydrogen) atoms. The molecule has 1 fully saturated rings. The number of hydrogen-bond donors (Lipinski definition) is 1. The summed E-state index contributed by atoms with van der Waals surface area (Å²) in [5, 5.41) is 10.1. The van der Waals surface area contributed by atoms with Gasteiger partial charge >= 0.3 is 0 Å². The van der Waals surface area contributed by atoms with Crippen LogP contribution in [0.2, 0.25) is 0 Å². The van der Waals surface area contributed by atoms with Crippen LogP contribution in [0.5, 0.6) is 0 Å². The van der Waals surface area contributed by atoms with E-state index in [-0.39, 0.29) is 5.91 Å². The molecule has 110 valence electrons. The van der Waals surface area contributed by atoms with E-state index in [2.05, 4.69) is 32.0 Å². The number of hydrogen-bond acceptors (Lipinski definition) is 2. The predicted octanol–water partition coefficient (Wildman–Crippen LogP) is 2.61. The SMILES string of the molecule is Cc1ccc(C)c(CC(=O)N2CCCC(C)(O)CC2)c1. The van der Waals surface area contributed by atoms with Gasteiger partial charge in [-0.05, 0) is 51.2 Å². The van der Waals surface area contributed by atoms with Crippen LogP contribution in [0.1, 0.15) is 42.9 Å². The largest absolute Gasteiger partial charge is 0.390 e. The summed E-state index contributed by atoms with van der Waals surface area (Å²) in [6.07, 6.45) is 2.80. The molecule has 1 aromatic rings. The molecule has 1 aromatic carbocycles. The van der Waals surface area contributed by atoms with Gasteiger partial charge in [0.1, 0.15) is 0 Å². The van der Waals surface area contributed by atoms with Gasteiger partial charge in [0.15, 0.2) is 0 Å².